The first-order valence-electron chi connectivity index (χ1n) is 5.88. The van der Waals surface area contributed by atoms with Gasteiger partial charge in [-0.2, -0.15) is 0 Å². The number of anilines is 1. The van der Waals surface area contributed by atoms with E-state index in [1.165, 1.54) is 11.3 Å². The summed E-state index contributed by atoms with van der Waals surface area (Å²) >= 11 is 1.47. The minimum absolute atomic E-state index is 0.144. The van der Waals surface area contributed by atoms with Gasteiger partial charge < -0.3 is 15.3 Å². The maximum Gasteiger partial charge on any atom is 0.322 e. The molecule has 0 bridgehead atoms. The van der Waals surface area contributed by atoms with Gasteiger partial charge in [-0.05, 0) is 18.2 Å². The average molecular weight is 301 g/mol. The lowest BCUT2D eigenvalue weighted by molar-refractivity contribution is 0.0943. The molecule has 20 heavy (non-hydrogen) atoms. The van der Waals surface area contributed by atoms with Gasteiger partial charge >= 0.3 is 6.03 Å². The van der Waals surface area contributed by atoms with E-state index in [2.05, 4.69) is 10.3 Å². The smallest absolute Gasteiger partial charge is 0.322 e. The molecule has 5 nitrogen and oxygen atoms in total. The number of nitrogens with zero attached hydrogens (tertiary/aromatic N) is 2. The number of thiazole rings is 1. The highest BCUT2D eigenvalue weighted by atomic mass is 32.1. The molecule has 108 valence electrons. The molecule has 2 rings (SSSR count). The van der Waals surface area contributed by atoms with Gasteiger partial charge in [0, 0.05) is 12.2 Å². The van der Waals surface area contributed by atoms with E-state index >= 15 is 0 Å². The molecule has 2 amide bonds. The van der Waals surface area contributed by atoms with Crippen molar-refractivity contribution in [2.24, 2.45) is 0 Å². The van der Waals surface area contributed by atoms with Crippen LogP contribution in [0.2, 0.25) is 0 Å². The number of halogens is 2. The topological polar surface area (TPSA) is 65.5 Å². The van der Waals surface area contributed by atoms with Crippen molar-refractivity contribution in [3.05, 3.63) is 23.7 Å². The van der Waals surface area contributed by atoms with Crippen molar-refractivity contribution in [2.45, 2.75) is 6.43 Å². The van der Waals surface area contributed by atoms with Crippen molar-refractivity contribution in [3.8, 4) is 0 Å². The number of aromatic nitrogens is 1. The van der Waals surface area contributed by atoms with Crippen molar-refractivity contribution < 1.29 is 18.7 Å². The van der Waals surface area contributed by atoms with Gasteiger partial charge in [0.1, 0.15) is 0 Å². The number of carbonyl (C=O) groups is 1. The van der Waals surface area contributed by atoms with E-state index in [1.807, 2.05) is 0 Å². The second kappa shape index (κ2) is 6.58. The normalized spacial score (nSPS) is 11.0. The molecule has 0 saturated carbocycles. The van der Waals surface area contributed by atoms with Crippen LogP contribution >= 0.6 is 11.3 Å². The first kappa shape index (κ1) is 14.6. The van der Waals surface area contributed by atoms with Crippen LogP contribution in [0.5, 0.6) is 0 Å². The number of alkyl halides is 2. The van der Waals surface area contributed by atoms with Crippen LogP contribution in [-0.2, 0) is 0 Å². The summed E-state index contributed by atoms with van der Waals surface area (Å²) in [6.07, 6.45) is -2.65. The minimum Gasteiger partial charge on any atom is -0.395 e. The number of benzene rings is 1. The first-order chi connectivity index (χ1) is 9.60. The summed E-state index contributed by atoms with van der Waals surface area (Å²) in [4.78, 5) is 16.8. The number of hydrogen-bond donors (Lipinski definition) is 2. The molecule has 0 saturated heterocycles. The number of aliphatic hydroxyl groups is 1. The van der Waals surface area contributed by atoms with E-state index in [1.54, 1.807) is 23.7 Å². The third kappa shape index (κ3) is 3.61. The molecule has 0 unspecified atom stereocenters. The Hall–Kier alpha value is -1.80. The SMILES string of the molecule is O=C(Nc1ccc2scnc2c1)N(CCO)CC(F)F. The van der Waals surface area contributed by atoms with Gasteiger partial charge in [0.15, 0.2) is 0 Å². The zero-order chi connectivity index (χ0) is 14.5. The summed E-state index contributed by atoms with van der Waals surface area (Å²) in [6, 6.07) is 4.47. The number of rotatable bonds is 5. The molecule has 2 aromatic rings. The Kier molecular flexibility index (Phi) is 4.80. The third-order valence-electron chi connectivity index (χ3n) is 2.60. The van der Waals surface area contributed by atoms with Crippen LogP contribution in [0, 0.1) is 0 Å². The molecule has 1 aromatic heterocycles. The van der Waals surface area contributed by atoms with Crippen molar-refractivity contribution in [3.63, 3.8) is 0 Å². The lowest BCUT2D eigenvalue weighted by atomic mass is 10.3. The molecular weight excluding hydrogens is 288 g/mol. The standard InChI is InChI=1S/C12H13F2N3O2S/c13-11(14)6-17(3-4-18)12(19)16-8-1-2-10-9(5-8)15-7-20-10/h1-2,5,7,11,18H,3-4,6H2,(H,16,19). The lowest BCUT2D eigenvalue weighted by Crippen LogP contribution is -2.40. The number of nitrogens with one attached hydrogen (secondary N) is 1. The summed E-state index contributed by atoms with van der Waals surface area (Å²) in [5.41, 5.74) is 2.89. The Morgan fingerprint density at radius 3 is 3.00 bits per heavy atom. The van der Waals surface area contributed by atoms with Gasteiger partial charge in [-0.1, -0.05) is 0 Å². The number of aliphatic hydroxyl groups excluding tert-OH is 1. The number of fused-ring (bicyclic) bond motifs is 1. The highest BCUT2D eigenvalue weighted by molar-refractivity contribution is 7.16. The largest absolute Gasteiger partial charge is 0.395 e. The monoisotopic (exact) mass is 301 g/mol. The molecule has 1 heterocycles. The maximum atomic E-state index is 12.4. The molecule has 0 aliphatic heterocycles. The van der Waals surface area contributed by atoms with Gasteiger partial charge in [0.05, 0.1) is 28.9 Å². The van der Waals surface area contributed by atoms with Gasteiger partial charge in [-0.15, -0.1) is 11.3 Å². The van der Waals surface area contributed by atoms with E-state index in [-0.39, 0.29) is 13.2 Å². The minimum atomic E-state index is -2.65. The number of urea groups is 1. The Balaban J connectivity index is 2.07. The fourth-order valence-electron chi connectivity index (χ4n) is 1.70. The summed E-state index contributed by atoms with van der Waals surface area (Å²) in [6.45, 7) is -1.23. The molecule has 0 fully saturated rings. The summed E-state index contributed by atoms with van der Waals surface area (Å²) < 4.78 is 25.7. The fraction of sp³-hybridized carbons (Fsp3) is 0.333. The van der Waals surface area contributed by atoms with E-state index in [4.69, 9.17) is 5.11 Å². The maximum absolute atomic E-state index is 12.4. The quantitative estimate of drug-likeness (QED) is 0.891. The van der Waals surface area contributed by atoms with Gasteiger partial charge in [-0.25, -0.2) is 18.6 Å². The van der Waals surface area contributed by atoms with E-state index in [9.17, 15) is 13.6 Å². The van der Waals surface area contributed by atoms with Crippen LogP contribution in [0.4, 0.5) is 19.3 Å². The molecule has 0 aliphatic rings. The van der Waals surface area contributed by atoms with E-state index in [0.29, 0.717) is 5.69 Å². The zero-order valence-corrected chi connectivity index (χ0v) is 11.2. The molecule has 0 radical (unpaired) electrons. The fourth-order valence-corrected chi connectivity index (χ4v) is 2.36. The predicted molar refractivity (Wildman–Crippen MR) is 73.3 cm³/mol. The molecule has 8 heteroatoms. The average Bonchev–Trinajstić information content (AvgIpc) is 2.85. The van der Waals surface area contributed by atoms with Crippen LogP contribution in [0.15, 0.2) is 23.7 Å². The Morgan fingerprint density at radius 2 is 2.30 bits per heavy atom. The Labute approximate surface area is 117 Å². The number of hydrogen-bond acceptors (Lipinski definition) is 4. The predicted octanol–water partition coefficient (Wildman–Crippen LogP) is 2.39. The van der Waals surface area contributed by atoms with E-state index < -0.39 is 19.0 Å². The molecular formula is C12H13F2N3O2S. The second-order valence-electron chi connectivity index (χ2n) is 4.03. The number of amides is 2. The van der Waals surface area contributed by atoms with Crippen LogP contribution in [0.25, 0.3) is 10.2 Å². The van der Waals surface area contributed by atoms with Gasteiger partial charge in [0.2, 0.25) is 0 Å². The van der Waals surface area contributed by atoms with Gasteiger partial charge in [-0.3, -0.25) is 0 Å². The zero-order valence-electron chi connectivity index (χ0n) is 10.4. The Bertz CT molecular complexity index is 591. The number of carbonyl (C=O) groups excluding carboxylic acids is 1. The van der Waals surface area contributed by atoms with Crippen molar-refractivity contribution in [1.29, 1.82) is 0 Å². The molecule has 0 spiro atoms. The van der Waals surface area contributed by atoms with E-state index in [0.717, 1.165) is 15.1 Å². The van der Waals surface area contributed by atoms with Crippen molar-refractivity contribution in [2.75, 3.05) is 25.0 Å². The highest BCUT2D eigenvalue weighted by Gasteiger charge is 2.17. The van der Waals surface area contributed by atoms with Crippen molar-refractivity contribution >= 4 is 33.3 Å². The summed E-state index contributed by atoms with van der Waals surface area (Å²) in [7, 11) is 0. The molecule has 0 atom stereocenters. The van der Waals surface area contributed by atoms with Crippen LogP contribution in [0.3, 0.4) is 0 Å². The lowest BCUT2D eigenvalue weighted by Gasteiger charge is -2.21. The van der Waals surface area contributed by atoms with Crippen LogP contribution in [0.1, 0.15) is 0 Å². The molecule has 1 aromatic carbocycles. The Morgan fingerprint density at radius 1 is 1.50 bits per heavy atom. The summed E-state index contributed by atoms with van der Waals surface area (Å²) in [5, 5.41) is 11.3. The third-order valence-corrected chi connectivity index (χ3v) is 3.41. The highest BCUT2D eigenvalue weighted by Crippen LogP contribution is 2.21. The van der Waals surface area contributed by atoms with Crippen molar-refractivity contribution in [1.82, 2.24) is 9.88 Å². The van der Waals surface area contributed by atoms with Crippen LogP contribution < -0.4 is 5.32 Å². The molecule has 0 aliphatic carbocycles. The molecule has 2 N–H and O–H groups in total. The van der Waals surface area contributed by atoms with Gasteiger partial charge in [0.25, 0.3) is 6.43 Å². The second-order valence-corrected chi connectivity index (χ2v) is 4.91. The first-order valence-corrected chi connectivity index (χ1v) is 6.76. The van der Waals surface area contributed by atoms with Crippen LogP contribution in [-0.4, -0.2) is 47.1 Å². The summed E-state index contributed by atoms with van der Waals surface area (Å²) in [5.74, 6) is 0.